The van der Waals surface area contributed by atoms with Gasteiger partial charge in [0.25, 0.3) is 0 Å². The molecule has 23 heavy (non-hydrogen) atoms. The molecule has 2 rings (SSSR count). The molecule has 0 spiro atoms. The average molecular weight is 312 g/mol. The molecule has 3 heteroatoms. The highest BCUT2D eigenvalue weighted by atomic mass is 16.5. The van der Waals surface area contributed by atoms with Crippen LogP contribution in [0, 0.1) is 0 Å². The van der Waals surface area contributed by atoms with Crippen molar-refractivity contribution in [3.63, 3.8) is 0 Å². The summed E-state index contributed by atoms with van der Waals surface area (Å²) in [5.41, 5.74) is 1.98. The minimum atomic E-state index is -0.631. The summed E-state index contributed by atoms with van der Waals surface area (Å²) < 4.78 is 5.53. The molecular weight excluding hydrogens is 288 g/mol. The van der Waals surface area contributed by atoms with E-state index in [-0.39, 0.29) is 0 Å². The van der Waals surface area contributed by atoms with E-state index >= 15 is 0 Å². The van der Waals surface area contributed by atoms with Crippen LogP contribution in [0.4, 0.5) is 0 Å². The molecule has 0 fully saturated rings. The Morgan fingerprint density at radius 1 is 0.870 bits per heavy atom. The molecule has 0 saturated heterocycles. The van der Waals surface area contributed by atoms with Crippen molar-refractivity contribution in [1.29, 1.82) is 0 Å². The van der Waals surface area contributed by atoms with Crippen LogP contribution in [0.3, 0.4) is 0 Å². The van der Waals surface area contributed by atoms with Crippen LogP contribution >= 0.6 is 0 Å². The predicted octanol–water partition coefficient (Wildman–Crippen LogP) is 3.63. The number of benzene rings is 2. The van der Waals surface area contributed by atoms with Crippen LogP contribution < -0.4 is 0 Å². The normalized spacial score (nSPS) is 14.0. The van der Waals surface area contributed by atoms with Gasteiger partial charge in [0.1, 0.15) is 0 Å². The van der Waals surface area contributed by atoms with E-state index in [4.69, 9.17) is 4.74 Å². The first kappa shape index (κ1) is 17.4. The van der Waals surface area contributed by atoms with Crippen LogP contribution in [0.5, 0.6) is 0 Å². The Kier molecular flexibility index (Phi) is 7.54. The molecule has 2 N–H and O–H groups in total. The van der Waals surface area contributed by atoms with Gasteiger partial charge in [-0.15, -0.1) is 0 Å². The first-order valence-electron chi connectivity index (χ1n) is 7.93. The third-order valence-electron chi connectivity index (χ3n) is 3.58. The minimum Gasteiger partial charge on any atom is -0.393 e. The molecule has 2 atom stereocenters. The van der Waals surface area contributed by atoms with Gasteiger partial charge in [-0.2, -0.15) is 0 Å². The molecule has 0 amide bonds. The second-order valence-electron chi connectivity index (χ2n) is 5.52. The summed E-state index contributed by atoms with van der Waals surface area (Å²) in [6, 6.07) is 19.4. The molecule has 0 aliphatic carbocycles. The first-order chi connectivity index (χ1) is 11.3. The minimum absolute atomic E-state index is 0.333. The van der Waals surface area contributed by atoms with Crippen LogP contribution in [-0.2, 0) is 11.3 Å². The van der Waals surface area contributed by atoms with Crippen molar-refractivity contribution in [2.75, 3.05) is 6.61 Å². The molecule has 0 radical (unpaired) electrons. The van der Waals surface area contributed by atoms with Crippen molar-refractivity contribution in [3.8, 4) is 0 Å². The SMILES string of the molecule is O[C@@H](C/C=C\COCc1ccccc1)C[C@H](O)c1ccccc1. The number of rotatable bonds is 9. The van der Waals surface area contributed by atoms with E-state index < -0.39 is 12.2 Å². The largest absolute Gasteiger partial charge is 0.393 e. The van der Waals surface area contributed by atoms with Gasteiger partial charge in [-0.3, -0.25) is 0 Å². The highest BCUT2D eigenvalue weighted by molar-refractivity contribution is 5.17. The Labute approximate surface area is 137 Å². The van der Waals surface area contributed by atoms with Crippen molar-refractivity contribution >= 4 is 0 Å². The fourth-order valence-corrected chi connectivity index (χ4v) is 2.31. The molecule has 0 unspecified atom stereocenters. The van der Waals surface area contributed by atoms with Crippen LogP contribution in [0.1, 0.15) is 30.1 Å². The Hall–Kier alpha value is -1.94. The van der Waals surface area contributed by atoms with Crippen molar-refractivity contribution in [2.24, 2.45) is 0 Å². The molecule has 0 aromatic heterocycles. The molecule has 122 valence electrons. The summed E-state index contributed by atoms with van der Waals surface area (Å²) >= 11 is 0. The maximum atomic E-state index is 10.0. The summed E-state index contributed by atoms with van der Waals surface area (Å²) in [4.78, 5) is 0. The summed E-state index contributed by atoms with van der Waals surface area (Å²) in [5, 5.41) is 20.0. The maximum Gasteiger partial charge on any atom is 0.0814 e. The monoisotopic (exact) mass is 312 g/mol. The van der Waals surface area contributed by atoms with Crippen molar-refractivity contribution in [3.05, 3.63) is 83.9 Å². The second-order valence-corrected chi connectivity index (χ2v) is 5.52. The Bertz CT molecular complexity index is 566. The van der Waals surface area contributed by atoms with E-state index in [1.807, 2.05) is 72.8 Å². The lowest BCUT2D eigenvalue weighted by Gasteiger charge is -2.14. The van der Waals surface area contributed by atoms with Crippen molar-refractivity contribution < 1.29 is 14.9 Å². The van der Waals surface area contributed by atoms with Gasteiger partial charge in [-0.05, 0) is 17.5 Å². The van der Waals surface area contributed by atoms with Gasteiger partial charge in [0, 0.05) is 6.42 Å². The van der Waals surface area contributed by atoms with E-state index in [9.17, 15) is 10.2 Å². The lowest BCUT2D eigenvalue weighted by atomic mass is 10.0. The molecule has 0 saturated carbocycles. The predicted molar refractivity (Wildman–Crippen MR) is 91.9 cm³/mol. The quantitative estimate of drug-likeness (QED) is 0.549. The number of aliphatic hydroxyl groups is 2. The molecule has 0 aliphatic rings. The van der Waals surface area contributed by atoms with Crippen LogP contribution in [-0.4, -0.2) is 22.9 Å². The standard InChI is InChI=1S/C20H24O3/c21-19(15-20(22)18-11-5-2-6-12-18)13-7-8-14-23-16-17-9-3-1-4-10-17/h1-12,19-22H,13-16H2/b8-7-/t19-,20-/m0/s1. The van der Waals surface area contributed by atoms with E-state index in [1.54, 1.807) is 0 Å². The van der Waals surface area contributed by atoms with Crippen molar-refractivity contribution in [1.82, 2.24) is 0 Å². The molecule has 0 bridgehead atoms. The van der Waals surface area contributed by atoms with Gasteiger partial charge >= 0.3 is 0 Å². The zero-order chi connectivity index (χ0) is 16.3. The van der Waals surface area contributed by atoms with Gasteiger partial charge < -0.3 is 14.9 Å². The topological polar surface area (TPSA) is 49.7 Å². The maximum absolute atomic E-state index is 10.0. The number of hydrogen-bond acceptors (Lipinski definition) is 3. The van der Waals surface area contributed by atoms with Crippen LogP contribution in [0.25, 0.3) is 0 Å². The lowest BCUT2D eigenvalue weighted by molar-refractivity contribution is 0.0820. The molecule has 0 heterocycles. The van der Waals surface area contributed by atoms with Crippen LogP contribution in [0.15, 0.2) is 72.8 Å². The zero-order valence-electron chi connectivity index (χ0n) is 13.2. The highest BCUT2D eigenvalue weighted by Gasteiger charge is 2.12. The Balaban J connectivity index is 1.61. The summed E-state index contributed by atoms with van der Waals surface area (Å²) in [6.45, 7) is 1.10. The smallest absolute Gasteiger partial charge is 0.0814 e. The van der Waals surface area contributed by atoms with Gasteiger partial charge in [0.2, 0.25) is 0 Å². The number of aliphatic hydroxyl groups excluding tert-OH is 2. The van der Waals surface area contributed by atoms with Gasteiger partial charge in [-0.25, -0.2) is 0 Å². The first-order valence-corrected chi connectivity index (χ1v) is 7.93. The van der Waals surface area contributed by atoms with E-state index in [1.165, 1.54) is 0 Å². The molecule has 0 aliphatic heterocycles. The van der Waals surface area contributed by atoms with Gasteiger partial charge in [0.05, 0.1) is 25.4 Å². The average Bonchev–Trinajstić information content (AvgIpc) is 2.59. The fraction of sp³-hybridized carbons (Fsp3) is 0.300. The summed E-state index contributed by atoms with van der Waals surface area (Å²) in [7, 11) is 0. The van der Waals surface area contributed by atoms with Crippen molar-refractivity contribution in [2.45, 2.75) is 31.7 Å². The lowest BCUT2D eigenvalue weighted by Crippen LogP contribution is -2.11. The molecule has 3 nitrogen and oxygen atoms in total. The van der Waals surface area contributed by atoms with Gasteiger partial charge in [0.15, 0.2) is 0 Å². The van der Waals surface area contributed by atoms with E-state index in [2.05, 4.69) is 0 Å². The molecular formula is C20H24O3. The number of ether oxygens (including phenoxy) is 1. The van der Waals surface area contributed by atoms with E-state index in [0.29, 0.717) is 26.1 Å². The molecule has 2 aromatic carbocycles. The Morgan fingerprint density at radius 2 is 1.52 bits per heavy atom. The Morgan fingerprint density at radius 3 is 2.22 bits per heavy atom. The van der Waals surface area contributed by atoms with Crippen LogP contribution in [0.2, 0.25) is 0 Å². The highest BCUT2D eigenvalue weighted by Crippen LogP contribution is 2.19. The number of hydrogen-bond donors (Lipinski definition) is 2. The summed E-state index contributed by atoms with van der Waals surface area (Å²) in [5.74, 6) is 0. The molecule has 2 aromatic rings. The zero-order valence-corrected chi connectivity index (χ0v) is 13.2. The summed E-state index contributed by atoms with van der Waals surface area (Å²) in [6.07, 6.45) is 3.45. The third kappa shape index (κ3) is 6.78. The van der Waals surface area contributed by atoms with Gasteiger partial charge in [-0.1, -0.05) is 72.8 Å². The third-order valence-corrected chi connectivity index (χ3v) is 3.58. The fourth-order valence-electron chi connectivity index (χ4n) is 2.31. The second kappa shape index (κ2) is 9.95. The van der Waals surface area contributed by atoms with E-state index in [0.717, 1.165) is 11.1 Å².